The van der Waals surface area contributed by atoms with Gasteiger partial charge >= 0.3 is 5.97 Å². The highest BCUT2D eigenvalue weighted by molar-refractivity contribution is 7.08. The van der Waals surface area contributed by atoms with Crippen LogP contribution in [0.5, 0.6) is 0 Å². The van der Waals surface area contributed by atoms with Gasteiger partial charge in [0.15, 0.2) is 5.65 Å². The molecule has 4 aromatic rings. The zero-order chi connectivity index (χ0) is 20.1. The highest BCUT2D eigenvalue weighted by Gasteiger charge is 2.31. The minimum absolute atomic E-state index is 0.204. The predicted octanol–water partition coefficient (Wildman–Crippen LogP) is 0.897. The van der Waals surface area contributed by atoms with Crippen molar-refractivity contribution in [3.8, 4) is 5.13 Å². The number of aromatic nitrogens is 7. The molecule has 1 N–H and O–H groups in total. The van der Waals surface area contributed by atoms with Crippen molar-refractivity contribution in [1.29, 1.82) is 0 Å². The molecule has 4 aromatic heterocycles. The van der Waals surface area contributed by atoms with E-state index in [1.54, 1.807) is 24.0 Å². The number of carboxylic acid groups (broad SMARTS) is 1. The number of nitrogens with zero attached hydrogens (tertiary/aromatic N) is 8. The van der Waals surface area contributed by atoms with Gasteiger partial charge in [-0.1, -0.05) is 0 Å². The molecule has 0 aromatic carbocycles. The van der Waals surface area contributed by atoms with Gasteiger partial charge in [0.25, 0.3) is 0 Å². The van der Waals surface area contributed by atoms with Crippen LogP contribution in [0.4, 0.5) is 5.82 Å². The Kier molecular flexibility index (Phi) is 3.87. The van der Waals surface area contributed by atoms with E-state index in [9.17, 15) is 14.7 Å². The topological polar surface area (TPSA) is 132 Å². The number of anilines is 1. The summed E-state index contributed by atoms with van der Waals surface area (Å²) in [7, 11) is 0. The highest BCUT2D eigenvalue weighted by Crippen LogP contribution is 2.29. The van der Waals surface area contributed by atoms with E-state index in [1.165, 1.54) is 23.4 Å². The van der Waals surface area contributed by atoms with Gasteiger partial charge in [0.1, 0.15) is 30.4 Å². The maximum absolute atomic E-state index is 12.8. The SMILES string of the molecule is Cc1cc(N2CC(n3cncn3)C2)nc2c1c(=O)c(C(=O)O)cn2-c1ncns1. The van der Waals surface area contributed by atoms with Gasteiger partial charge in [0.2, 0.25) is 10.6 Å². The third kappa shape index (κ3) is 2.76. The van der Waals surface area contributed by atoms with Crippen molar-refractivity contribution in [3.63, 3.8) is 0 Å². The van der Waals surface area contributed by atoms with Gasteiger partial charge in [0.05, 0.1) is 11.4 Å². The molecule has 0 aliphatic carbocycles. The third-order valence-corrected chi connectivity index (χ3v) is 5.59. The molecule has 0 saturated carbocycles. The van der Waals surface area contributed by atoms with Crippen molar-refractivity contribution in [2.24, 2.45) is 0 Å². The van der Waals surface area contributed by atoms with Crippen molar-refractivity contribution in [2.75, 3.05) is 18.0 Å². The number of hydrogen-bond acceptors (Lipinski definition) is 9. The smallest absolute Gasteiger partial charge is 0.341 e. The van der Waals surface area contributed by atoms with Crippen molar-refractivity contribution < 1.29 is 9.90 Å². The first-order valence-electron chi connectivity index (χ1n) is 8.69. The van der Waals surface area contributed by atoms with E-state index in [4.69, 9.17) is 0 Å². The van der Waals surface area contributed by atoms with E-state index < -0.39 is 11.4 Å². The fraction of sp³-hybridized carbons (Fsp3) is 0.235. The second kappa shape index (κ2) is 6.44. The summed E-state index contributed by atoms with van der Waals surface area (Å²) in [6.07, 6.45) is 5.82. The molecule has 1 aliphatic heterocycles. The van der Waals surface area contributed by atoms with Crippen molar-refractivity contribution in [1.82, 2.24) is 33.7 Å². The lowest BCUT2D eigenvalue weighted by Gasteiger charge is -2.40. The third-order valence-electron chi connectivity index (χ3n) is 4.93. The minimum atomic E-state index is -1.29. The Morgan fingerprint density at radius 2 is 2.14 bits per heavy atom. The van der Waals surface area contributed by atoms with Crippen LogP contribution in [0.3, 0.4) is 0 Å². The Morgan fingerprint density at radius 3 is 2.79 bits per heavy atom. The number of aromatic carboxylic acids is 1. The van der Waals surface area contributed by atoms with Crippen LogP contribution in [-0.2, 0) is 0 Å². The average Bonchev–Trinajstić information content (AvgIpc) is 3.34. The molecule has 146 valence electrons. The van der Waals surface area contributed by atoms with Crippen LogP contribution in [-0.4, -0.2) is 57.8 Å². The Balaban J connectivity index is 1.64. The molecule has 1 aliphatic rings. The van der Waals surface area contributed by atoms with E-state index in [2.05, 4.69) is 29.3 Å². The number of fused-ring (bicyclic) bond motifs is 1. The summed E-state index contributed by atoms with van der Waals surface area (Å²) < 4.78 is 7.30. The molecule has 1 fully saturated rings. The van der Waals surface area contributed by atoms with E-state index in [0.717, 1.165) is 11.5 Å². The van der Waals surface area contributed by atoms with Gasteiger partial charge in [-0.2, -0.15) is 9.47 Å². The summed E-state index contributed by atoms with van der Waals surface area (Å²) in [6, 6.07) is 2.01. The first-order chi connectivity index (χ1) is 14.0. The van der Waals surface area contributed by atoms with Crippen LogP contribution < -0.4 is 10.3 Å². The molecule has 5 rings (SSSR count). The molecule has 0 unspecified atom stereocenters. The Bertz CT molecular complexity index is 1280. The highest BCUT2D eigenvalue weighted by atomic mass is 32.1. The first-order valence-corrected chi connectivity index (χ1v) is 9.46. The summed E-state index contributed by atoms with van der Waals surface area (Å²) in [5.41, 5.74) is 0.117. The van der Waals surface area contributed by atoms with Gasteiger partial charge < -0.3 is 10.0 Å². The van der Waals surface area contributed by atoms with Gasteiger partial charge in [-0.05, 0) is 18.6 Å². The summed E-state index contributed by atoms with van der Waals surface area (Å²) in [5, 5.41) is 14.3. The standard InChI is InChI=1S/C17H14N8O3S/c1-9-2-12(23-3-10(4-23)25-8-18-6-20-25)22-15-13(9)14(26)11(16(27)28)5-24(15)17-19-7-21-29-17/h2,5-8,10H,3-4H2,1H3,(H,27,28). The van der Waals surface area contributed by atoms with Crippen molar-refractivity contribution in [3.05, 3.63) is 52.6 Å². The molecule has 12 heteroatoms. The van der Waals surface area contributed by atoms with E-state index >= 15 is 0 Å². The molecular formula is C17H14N8O3S. The van der Waals surface area contributed by atoms with Crippen molar-refractivity contribution >= 4 is 34.4 Å². The quantitative estimate of drug-likeness (QED) is 0.521. The second-order valence-corrected chi connectivity index (χ2v) is 7.46. The lowest BCUT2D eigenvalue weighted by molar-refractivity contribution is 0.0695. The molecule has 0 bridgehead atoms. The fourth-order valence-corrected chi connectivity index (χ4v) is 3.94. The van der Waals surface area contributed by atoms with Gasteiger partial charge in [-0.3, -0.25) is 9.36 Å². The van der Waals surface area contributed by atoms with Crippen LogP contribution >= 0.6 is 11.5 Å². The lowest BCUT2D eigenvalue weighted by Crippen LogP contribution is -2.48. The number of pyridine rings is 2. The van der Waals surface area contributed by atoms with Crippen LogP contribution in [0, 0.1) is 6.92 Å². The maximum Gasteiger partial charge on any atom is 0.341 e. The molecule has 0 amide bonds. The fourth-order valence-electron chi connectivity index (χ4n) is 3.43. The number of hydrogen-bond donors (Lipinski definition) is 1. The average molecular weight is 410 g/mol. The monoisotopic (exact) mass is 410 g/mol. The molecule has 1 saturated heterocycles. The molecule has 0 radical (unpaired) electrons. The summed E-state index contributed by atoms with van der Waals surface area (Å²) in [6.45, 7) is 3.19. The normalized spacial score (nSPS) is 14.3. The number of rotatable bonds is 4. The largest absolute Gasteiger partial charge is 0.477 e. The molecule has 29 heavy (non-hydrogen) atoms. The van der Waals surface area contributed by atoms with Crippen molar-refractivity contribution in [2.45, 2.75) is 13.0 Å². The molecular weight excluding hydrogens is 396 g/mol. The molecule has 0 spiro atoms. The van der Waals surface area contributed by atoms with Crippen LogP contribution in [0.15, 0.2) is 36.0 Å². The summed E-state index contributed by atoms with van der Waals surface area (Å²) in [4.78, 5) is 39.2. The number of carbonyl (C=O) groups is 1. The van der Waals surface area contributed by atoms with E-state index in [1.807, 2.05) is 0 Å². The minimum Gasteiger partial charge on any atom is -0.477 e. The number of carboxylic acids is 1. The zero-order valence-electron chi connectivity index (χ0n) is 15.1. The van der Waals surface area contributed by atoms with Crippen LogP contribution in [0.25, 0.3) is 16.2 Å². The summed E-state index contributed by atoms with van der Waals surface area (Å²) in [5.74, 6) is -0.593. The Labute approximate surface area is 167 Å². The van der Waals surface area contributed by atoms with Gasteiger partial charge in [-0.15, -0.1) is 0 Å². The molecule has 5 heterocycles. The predicted molar refractivity (Wildman–Crippen MR) is 104 cm³/mol. The Morgan fingerprint density at radius 1 is 1.31 bits per heavy atom. The maximum atomic E-state index is 12.8. The van der Waals surface area contributed by atoms with E-state index in [-0.39, 0.29) is 17.0 Å². The van der Waals surface area contributed by atoms with Crippen LogP contribution in [0.1, 0.15) is 22.0 Å². The molecule has 11 nitrogen and oxygen atoms in total. The number of aryl methyl sites for hydroxylation is 1. The van der Waals surface area contributed by atoms with E-state index in [0.29, 0.717) is 35.2 Å². The second-order valence-electron chi connectivity index (χ2n) is 6.70. The Hall–Kier alpha value is -3.67. The van der Waals surface area contributed by atoms with Gasteiger partial charge in [-0.25, -0.2) is 24.4 Å². The lowest BCUT2D eigenvalue weighted by atomic mass is 10.1. The molecule has 0 atom stereocenters. The first kappa shape index (κ1) is 17.4. The van der Waals surface area contributed by atoms with Crippen LogP contribution in [0.2, 0.25) is 0 Å². The zero-order valence-corrected chi connectivity index (χ0v) is 15.9. The summed E-state index contributed by atoms with van der Waals surface area (Å²) >= 11 is 1.09. The van der Waals surface area contributed by atoms with Gasteiger partial charge in [0, 0.05) is 30.8 Å².